The van der Waals surface area contributed by atoms with Crippen molar-refractivity contribution in [1.29, 1.82) is 0 Å². The van der Waals surface area contributed by atoms with Crippen molar-refractivity contribution in [3.8, 4) is 0 Å². The fraction of sp³-hybridized carbons (Fsp3) is 0.381. The van der Waals surface area contributed by atoms with Crippen LogP contribution < -0.4 is 16.0 Å². The van der Waals surface area contributed by atoms with Gasteiger partial charge in [-0.15, -0.1) is 0 Å². The van der Waals surface area contributed by atoms with Crippen molar-refractivity contribution >= 4 is 11.8 Å². The van der Waals surface area contributed by atoms with Gasteiger partial charge in [-0.2, -0.15) is 0 Å². The van der Waals surface area contributed by atoms with Crippen molar-refractivity contribution < 1.29 is 9.59 Å². The second kappa shape index (κ2) is 9.96. The Hall–Kier alpha value is -2.77. The van der Waals surface area contributed by atoms with E-state index in [-0.39, 0.29) is 30.4 Å². The predicted molar refractivity (Wildman–Crippen MR) is 108 cm³/mol. The zero-order valence-corrected chi connectivity index (χ0v) is 16.1. The van der Waals surface area contributed by atoms with Gasteiger partial charge in [0.1, 0.15) is 0 Å². The first kappa shape index (κ1) is 20.0. The molecule has 2 heterocycles. The van der Waals surface area contributed by atoms with Crippen LogP contribution >= 0.6 is 0 Å². The molecule has 3 rings (SSSR count). The van der Waals surface area contributed by atoms with Crippen molar-refractivity contribution in [3.05, 3.63) is 66.0 Å². The number of carbonyl (C=O) groups is 2. The van der Waals surface area contributed by atoms with Crippen LogP contribution in [0.15, 0.2) is 54.7 Å². The summed E-state index contributed by atoms with van der Waals surface area (Å²) in [5, 5.41) is 9.43. The van der Waals surface area contributed by atoms with Gasteiger partial charge >= 0.3 is 0 Å². The van der Waals surface area contributed by atoms with Gasteiger partial charge in [0.2, 0.25) is 11.8 Å². The molecule has 0 spiro atoms. The number of hydrogen-bond acceptors (Lipinski definition) is 5. The SMILES string of the molecule is CN(CC(=O)NC(Cc1ccccn1)c1ccccc1)C(=O)[C@H]1CNCCN1. The summed E-state index contributed by atoms with van der Waals surface area (Å²) in [6.07, 6.45) is 2.33. The Balaban J connectivity index is 1.62. The summed E-state index contributed by atoms with van der Waals surface area (Å²) in [5.74, 6) is -0.271. The van der Waals surface area contributed by atoms with Crippen molar-refractivity contribution in [2.75, 3.05) is 33.2 Å². The van der Waals surface area contributed by atoms with Crippen LogP contribution in [0.4, 0.5) is 0 Å². The van der Waals surface area contributed by atoms with Gasteiger partial charge in [0.25, 0.3) is 0 Å². The normalized spacial score (nSPS) is 17.5. The molecule has 3 N–H and O–H groups in total. The molecule has 1 aliphatic heterocycles. The van der Waals surface area contributed by atoms with Crippen LogP contribution in [0.25, 0.3) is 0 Å². The van der Waals surface area contributed by atoms with E-state index < -0.39 is 0 Å². The van der Waals surface area contributed by atoms with Gasteiger partial charge < -0.3 is 20.9 Å². The summed E-state index contributed by atoms with van der Waals surface area (Å²) >= 11 is 0. The summed E-state index contributed by atoms with van der Waals surface area (Å²) in [6.45, 7) is 2.19. The number of hydrogen-bond donors (Lipinski definition) is 3. The van der Waals surface area contributed by atoms with Crippen LogP contribution in [0.2, 0.25) is 0 Å². The van der Waals surface area contributed by atoms with Crippen LogP contribution in [0.3, 0.4) is 0 Å². The molecule has 2 aromatic rings. The quantitative estimate of drug-likeness (QED) is 0.650. The van der Waals surface area contributed by atoms with Crippen molar-refractivity contribution in [2.24, 2.45) is 0 Å². The molecule has 0 saturated carbocycles. The molecule has 0 aliphatic carbocycles. The fourth-order valence-corrected chi connectivity index (χ4v) is 3.29. The fourth-order valence-electron chi connectivity index (χ4n) is 3.29. The zero-order chi connectivity index (χ0) is 19.8. The minimum atomic E-state index is -0.287. The van der Waals surface area contributed by atoms with E-state index in [1.54, 1.807) is 13.2 Å². The van der Waals surface area contributed by atoms with Crippen molar-refractivity contribution in [3.63, 3.8) is 0 Å². The van der Waals surface area contributed by atoms with Crippen LogP contribution in [-0.2, 0) is 16.0 Å². The van der Waals surface area contributed by atoms with Crippen LogP contribution in [-0.4, -0.2) is 61.0 Å². The van der Waals surface area contributed by atoms with E-state index in [9.17, 15) is 9.59 Å². The molecule has 1 aromatic carbocycles. The van der Waals surface area contributed by atoms with Crippen molar-refractivity contribution in [2.45, 2.75) is 18.5 Å². The first-order chi connectivity index (χ1) is 13.6. The third-order valence-electron chi connectivity index (χ3n) is 4.77. The molecule has 7 heteroatoms. The number of amides is 2. The lowest BCUT2D eigenvalue weighted by Crippen LogP contribution is -2.56. The maximum Gasteiger partial charge on any atom is 0.241 e. The maximum atomic E-state index is 12.7. The average molecular weight is 381 g/mol. The Labute approximate surface area is 165 Å². The van der Waals surface area contributed by atoms with E-state index in [0.717, 1.165) is 24.3 Å². The summed E-state index contributed by atoms with van der Waals surface area (Å²) in [7, 11) is 1.66. The van der Waals surface area contributed by atoms with Gasteiger partial charge in [0.15, 0.2) is 0 Å². The highest BCUT2D eigenvalue weighted by Crippen LogP contribution is 2.17. The minimum Gasteiger partial charge on any atom is -0.347 e. The smallest absolute Gasteiger partial charge is 0.241 e. The summed E-state index contributed by atoms with van der Waals surface area (Å²) in [4.78, 5) is 31.0. The minimum absolute atomic E-state index is 0.0164. The number of aromatic nitrogens is 1. The van der Waals surface area contributed by atoms with Gasteiger partial charge in [0, 0.05) is 45.0 Å². The van der Waals surface area contributed by atoms with Crippen LogP contribution in [0.5, 0.6) is 0 Å². The number of nitrogens with one attached hydrogen (secondary N) is 3. The second-order valence-electron chi connectivity index (χ2n) is 6.96. The average Bonchev–Trinajstić information content (AvgIpc) is 2.74. The standard InChI is InChI=1S/C21H27N5O2/c1-26(21(28)19-14-22-11-12-24-19)15-20(27)25-18(16-7-3-2-4-8-16)13-17-9-5-6-10-23-17/h2-10,18-19,22,24H,11-15H2,1H3,(H,25,27)/t18?,19-/m1/s1. The molecular formula is C21H27N5O2. The number of rotatable bonds is 7. The number of nitrogens with zero attached hydrogens (tertiary/aromatic N) is 2. The Kier molecular flexibility index (Phi) is 7.11. The first-order valence-corrected chi connectivity index (χ1v) is 9.57. The highest BCUT2D eigenvalue weighted by atomic mass is 16.2. The molecule has 7 nitrogen and oxygen atoms in total. The van der Waals surface area contributed by atoms with Gasteiger partial charge in [-0.1, -0.05) is 36.4 Å². The molecule has 0 bridgehead atoms. The highest BCUT2D eigenvalue weighted by Gasteiger charge is 2.25. The molecule has 2 atom stereocenters. The van der Waals surface area contributed by atoms with E-state index in [4.69, 9.17) is 0 Å². The third kappa shape index (κ3) is 5.61. The Morgan fingerprint density at radius 3 is 2.64 bits per heavy atom. The van der Waals surface area contributed by atoms with E-state index in [1.807, 2.05) is 48.5 Å². The molecule has 0 radical (unpaired) electrons. The molecule has 1 aromatic heterocycles. The molecule has 1 saturated heterocycles. The molecular weight excluding hydrogens is 354 g/mol. The van der Waals surface area contributed by atoms with E-state index in [2.05, 4.69) is 20.9 Å². The van der Waals surface area contributed by atoms with E-state index in [0.29, 0.717) is 13.0 Å². The van der Waals surface area contributed by atoms with E-state index in [1.165, 1.54) is 4.90 Å². The summed E-state index contributed by atoms with van der Waals surface area (Å²) in [6, 6.07) is 15.1. The second-order valence-corrected chi connectivity index (χ2v) is 6.96. The number of carbonyl (C=O) groups excluding carboxylic acids is 2. The lowest BCUT2D eigenvalue weighted by atomic mass is 10.0. The Morgan fingerprint density at radius 2 is 1.96 bits per heavy atom. The molecule has 1 unspecified atom stereocenters. The van der Waals surface area contributed by atoms with E-state index >= 15 is 0 Å². The molecule has 1 aliphatic rings. The summed E-state index contributed by atoms with van der Waals surface area (Å²) in [5.41, 5.74) is 1.91. The molecule has 148 valence electrons. The van der Waals surface area contributed by atoms with Gasteiger partial charge in [-0.3, -0.25) is 14.6 Å². The molecule has 2 amide bonds. The number of likely N-dealkylation sites (N-methyl/N-ethyl adjacent to an activating group) is 1. The molecule has 1 fully saturated rings. The third-order valence-corrected chi connectivity index (χ3v) is 4.77. The number of pyridine rings is 1. The van der Waals surface area contributed by atoms with Crippen LogP contribution in [0, 0.1) is 0 Å². The lowest BCUT2D eigenvalue weighted by molar-refractivity contribution is -0.136. The molecule has 28 heavy (non-hydrogen) atoms. The summed E-state index contributed by atoms with van der Waals surface area (Å²) < 4.78 is 0. The zero-order valence-electron chi connectivity index (χ0n) is 16.1. The van der Waals surface area contributed by atoms with Gasteiger partial charge in [-0.25, -0.2) is 0 Å². The van der Waals surface area contributed by atoms with Crippen molar-refractivity contribution in [1.82, 2.24) is 25.8 Å². The van der Waals surface area contributed by atoms with Gasteiger partial charge in [0.05, 0.1) is 18.6 Å². The topological polar surface area (TPSA) is 86.4 Å². The number of piperazine rings is 1. The van der Waals surface area contributed by atoms with Crippen LogP contribution in [0.1, 0.15) is 17.3 Å². The largest absolute Gasteiger partial charge is 0.347 e. The predicted octanol–water partition coefficient (Wildman–Crippen LogP) is 0.501. The first-order valence-electron chi connectivity index (χ1n) is 9.57. The maximum absolute atomic E-state index is 12.7. The van der Waals surface area contributed by atoms with Gasteiger partial charge in [-0.05, 0) is 17.7 Å². The lowest BCUT2D eigenvalue weighted by Gasteiger charge is -2.28. The Bertz CT molecular complexity index is 763. The highest BCUT2D eigenvalue weighted by molar-refractivity contribution is 5.87. The monoisotopic (exact) mass is 381 g/mol. The number of benzene rings is 1. The Morgan fingerprint density at radius 1 is 1.18 bits per heavy atom.